The molecular formula is C24H26Cl2N4O5. The second-order valence-corrected chi connectivity index (χ2v) is 8.87. The van der Waals surface area contributed by atoms with Crippen LogP contribution in [0, 0.1) is 5.92 Å². The van der Waals surface area contributed by atoms with E-state index in [1.54, 1.807) is 24.3 Å². The molecule has 1 amide bonds. The van der Waals surface area contributed by atoms with Gasteiger partial charge in [-0.2, -0.15) is 0 Å². The van der Waals surface area contributed by atoms with Crippen LogP contribution in [0.3, 0.4) is 0 Å². The van der Waals surface area contributed by atoms with Gasteiger partial charge in [0.25, 0.3) is 0 Å². The van der Waals surface area contributed by atoms with Crippen molar-refractivity contribution < 1.29 is 14.7 Å². The number of nitrogens with zero attached hydrogens (tertiary/aromatic N) is 1. The summed E-state index contributed by atoms with van der Waals surface area (Å²) < 4.78 is 1.39. The summed E-state index contributed by atoms with van der Waals surface area (Å²) in [5.74, 6) is -2.01. The van der Waals surface area contributed by atoms with E-state index in [4.69, 9.17) is 22.4 Å². The van der Waals surface area contributed by atoms with Crippen LogP contribution in [0.15, 0.2) is 46.0 Å². The number of aryl methyl sites for hydroxylation is 2. The average Bonchev–Trinajstić information content (AvgIpc) is 2.79. The lowest BCUT2D eigenvalue weighted by Gasteiger charge is -2.32. The van der Waals surface area contributed by atoms with Gasteiger partial charge >= 0.3 is 17.1 Å². The lowest BCUT2D eigenvalue weighted by molar-refractivity contribution is -0.137. The fourth-order valence-corrected chi connectivity index (χ4v) is 4.94. The van der Waals surface area contributed by atoms with E-state index in [9.17, 15) is 19.2 Å². The number of hydrogen-bond acceptors (Lipinski definition) is 5. The minimum Gasteiger partial charge on any atom is -0.481 e. The maximum absolute atomic E-state index is 13.4. The number of rotatable bonds is 8. The number of carboxylic acids is 1. The number of H-pyrrole nitrogens is 1. The number of carbonyl (C=O) groups is 2. The highest BCUT2D eigenvalue weighted by Gasteiger charge is 2.34. The molecule has 1 aromatic heterocycles. The van der Waals surface area contributed by atoms with Crippen LogP contribution >= 0.6 is 24.0 Å². The van der Waals surface area contributed by atoms with Gasteiger partial charge in [-0.25, -0.2) is 0 Å². The zero-order chi connectivity index (χ0) is 24.4. The first-order chi connectivity index (χ1) is 16.3. The van der Waals surface area contributed by atoms with E-state index in [1.807, 2.05) is 12.1 Å². The topological polar surface area (TPSA) is 147 Å². The summed E-state index contributed by atoms with van der Waals surface area (Å²) in [6.07, 6.45) is 1.97. The SMILES string of the molecule is Cl.NCC(C(=O)Nc1ccccc1CCCC(=O)O)[C@@H]1CCc2cc(Cl)cc3[nH]c(=O)c(=O)n1c23. The number of carbonyl (C=O) groups excluding carboxylic acids is 1. The van der Waals surface area contributed by atoms with Crippen LogP contribution in [0.4, 0.5) is 5.69 Å². The number of para-hydroxylation sites is 1. The normalized spacial score (nSPS) is 15.3. The molecule has 0 bridgehead atoms. The molecule has 1 aliphatic heterocycles. The number of halogens is 2. The Morgan fingerprint density at radius 2 is 2.00 bits per heavy atom. The zero-order valence-electron chi connectivity index (χ0n) is 18.8. The van der Waals surface area contributed by atoms with Crippen LogP contribution in [0.1, 0.15) is 36.4 Å². The largest absolute Gasteiger partial charge is 0.481 e. The predicted octanol–water partition coefficient (Wildman–Crippen LogP) is 2.87. The lowest BCUT2D eigenvalue weighted by atomic mass is 9.88. The molecule has 35 heavy (non-hydrogen) atoms. The highest BCUT2D eigenvalue weighted by molar-refractivity contribution is 6.31. The minimum atomic E-state index is -0.877. The molecule has 3 aromatic rings. The third-order valence-corrected chi connectivity index (χ3v) is 6.48. The van der Waals surface area contributed by atoms with Gasteiger partial charge in [-0.3, -0.25) is 23.7 Å². The zero-order valence-corrected chi connectivity index (χ0v) is 20.3. The number of benzene rings is 2. The number of aromatic nitrogens is 2. The Labute approximate surface area is 211 Å². The molecule has 0 radical (unpaired) electrons. The van der Waals surface area contributed by atoms with E-state index in [1.165, 1.54) is 4.57 Å². The molecule has 1 aliphatic rings. The highest BCUT2D eigenvalue weighted by Crippen LogP contribution is 2.34. The Kier molecular flexibility index (Phi) is 8.37. The molecule has 2 heterocycles. The summed E-state index contributed by atoms with van der Waals surface area (Å²) in [5.41, 5.74) is 7.71. The fourth-order valence-electron chi connectivity index (χ4n) is 4.70. The Morgan fingerprint density at radius 3 is 2.71 bits per heavy atom. The molecule has 5 N–H and O–H groups in total. The molecular weight excluding hydrogens is 495 g/mol. The molecule has 2 aromatic carbocycles. The van der Waals surface area contributed by atoms with Crippen LogP contribution in [-0.2, 0) is 22.4 Å². The maximum atomic E-state index is 13.4. The van der Waals surface area contributed by atoms with Crippen molar-refractivity contribution in [3.05, 3.63) is 73.3 Å². The van der Waals surface area contributed by atoms with Crippen LogP contribution < -0.4 is 22.2 Å². The number of carboxylic acid groups (broad SMARTS) is 1. The first-order valence-corrected chi connectivity index (χ1v) is 11.5. The van der Waals surface area contributed by atoms with E-state index in [0.717, 1.165) is 11.1 Å². The Morgan fingerprint density at radius 1 is 1.26 bits per heavy atom. The highest BCUT2D eigenvalue weighted by atomic mass is 35.5. The van der Waals surface area contributed by atoms with Crippen molar-refractivity contribution in [1.82, 2.24) is 9.55 Å². The van der Waals surface area contributed by atoms with Gasteiger partial charge in [-0.15, -0.1) is 12.4 Å². The molecule has 0 spiro atoms. The van der Waals surface area contributed by atoms with Crippen molar-refractivity contribution in [2.45, 2.75) is 38.1 Å². The monoisotopic (exact) mass is 520 g/mol. The maximum Gasteiger partial charge on any atom is 0.317 e. The number of anilines is 1. The molecule has 11 heteroatoms. The van der Waals surface area contributed by atoms with Crippen LogP contribution in [0.25, 0.3) is 11.0 Å². The molecule has 186 valence electrons. The van der Waals surface area contributed by atoms with E-state index >= 15 is 0 Å². The van der Waals surface area contributed by atoms with E-state index in [0.29, 0.717) is 47.4 Å². The minimum absolute atomic E-state index is 0. The quantitative estimate of drug-likeness (QED) is 0.335. The van der Waals surface area contributed by atoms with E-state index in [2.05, 4.69) is 10.3 Å². The molecule has 0 fully saturated rings. The average molecular weight is 521 g/mol. The number of aromatic amines is 1. The van der Waals surface area contributed by atoms with Gasteiger partial charge < -0.3 is 21.1 Å². The number of nitrogens with one attached hydrogen (secondary N) is 2. The van der Waals surface area contributed by atoms with Gasteiger partial charge in [0.15, 0.2) is 0 Å². The third-order valence-electron chi connectivity index (χ3n) is 6.26. The summed E-state index contributed by atoms with van der Waals surface area (Å²) in [6.45, 7) is -0.0265. The van der Waals surface area contributed by atoms with Gasteiger partial charge in [0, 0.05) is 23.7 Å². The van der Waals surface area contributed by atoms with Gasteiger partial charge in [0.2, 0.25) is 5.91 Å². The molecule has 9 nitrogen and oxygen atoms in total. The Bertz CT molecular complexity index is 1380. The third kappa shape index (κ3) is 5.42. The molecule has 0 saturated heterocycles. The van der Waals surface area contributed by atoms with Crippen molar-refractivity contribution >= 4 is 52.6 Å². The second-order valence-electron chi connectivity index (χ2n) is 8.43. The first kappa shape index (κ1) is 26.5. The molecule has 1 unspecified atom stereocenters. The number of aliphatic carboxylic acids is 1. The van der Waals surface area contributed by atoms with Crippen LogP contribution in [0.5, 0.6) is 0 Å². The summed E-state index contributed by atoms with van der Waals surface area (Å²) in [5, 5.41) is 12.3. The summed E-state index contributed by atoms with van der Waals surface area (Å²) >= 11 is 6.18. The number of nitrogens with two attached hydrogens (primary N) is 1. The predicted molar refractivity (Wildman–Crippen MR) is 137 cm³/mol. The van der Waals surface area contributed by atoms with Crippen LogP contribution in [-0.4, -0.2) is 33.1 Å². The molecule has 2 atom stereocenters. The molecule has 0 aliphatic carbocycles. The number of hydrogen-bond donors (Lipinski definition) is 4. The van der Waals surface area contributed by atoms with E-state index in [-0.39, 0.29) is 31.3 Å². The van der Waals surface area contributed by atoms with E-state index < -0.39 is 29.0 Å². The summed E-state index contributed by atoms with van der Waals surface area (Å²) in [7, 11) is 0. The van der Waals surface area contributed by atoms with Gasteiger partial charge in [0.1, 0.15) is 0 Å². The molecule has 4 rings (SSSR count). The second kappa shape index (κ2) is 11.1. The van der Waals surface area contributed by atoms with Crippen molar-refractivity contribution in [2.75, 3.05) is 11.9 Å². The van der Waals surface area contributed by atoms with Crippen LogP contribution in [0.2, 0.25) is 5.02 Å². The van der Waals surface area contributed by atoms with Crippen molar-refractivity contribution in [3.8, 4) is 0 Å². The fraction of sp³-hybridized carbons (Fsp3) is 0.333. The Hall–Kier alpha value is -3.14. The van der Waals surface area contributed by atoms with Gasteiger partial charge in [-0.05, 0) is 55.0 Å². The smallest absolute Gasteiger partial charge is 0.317 e. The summed E-state index contributed by atoms with van der Waals surface area (Å²) in [6, 6.07) is 9.93. The van der Waals surface area contributed by atoms with Gasteiger partial charge in [0.05, 0.1) is 23.0 Å². The lowest BCUT2D eigenvalue weighted by Crippen LogP contribution is -2.46. The first-order valence-electron chi connectivity index (χ1n) is 11.1. The summed E-state index contributed by atoms with van der Waals surface area (Å²) in [4.78, 5) is 52.0. The van der Waals surface area contributed by atoms with Gasteiger partial charge in [-0.1, -0.05) is 29.8 Å². The Balaban J connectivity index is 0.00000342. The number of amides is 1. The van der Waals surface area contributed by atoms with Crippen molar-refractivity contribution in [3.63, 3.8) is 0 Å². The standard InChI is InChI=1S/C24H25ClN4O5.ClH/c25-15-10-14-8-9-19(29-21(14)18(11-15)28-23(33)24(29)34)16(12-26)22(32)27-17-6-2-1-4-13(17)5-3-7-20(30)31;/h1-2,4,6,10-11,16,19H,3,5,7-9,12,26H2,(H,27,32)(H,28,33)(H,30,31);1H/t16?,19-;/m0./s1. The van der Waals surface area contributed by atoms with Crippen molar-refractivity contribution in [1.29, 1.82) is 0 Å². The molecule has 0 saturated carbocycles. The van der Waals surface area contributed by atoms with Crippen molar-refractivity contribution in [2.24, 2.45) is 11.7 Å².